The van der Waals surface area contributed by atoms with Crippen LogP contribution < -0.4 is 15.4 Å². The molecule has 1 amide bonds. The summed E-state index contributed by atoms with van der Waals surface area (Å²) < 4.78 is 6.06. The van der Waals surface area contributed by atoms with Crippen molar-refractivity contribution in [2.45, 2.75) is 32.3 Å². The number of anilines is 2. The van der Waals surface area contributed by atoms with Crippen molar-refractivity contribution in [1.29, 1.82) is 0 Å². The van der Waals surface area contributed by atoms with E-state index in [0.29, 0.717) is 30.8 Å². The molecule has 1 aromatic carbocycles. The molecular formula is C16H25N3O2. The van der Waals surface area contributed by atoms with Crippen LogP contribution in [0.3, 0.4) is 0 Å². The third-order valence-electron chi connectivity index (χ3n) is 4.13. The van der Waals surface area contributed by atoms with E-state index in [1.54, 1.807) is 0 Å². The number of carbonyl (C=O) groups is 1. The van der Waals surface area contributed by atoms with Crippen LogP contribution in [0.4, 0.5) is 11.4 Å². The Balaban J connectivity index is 2.44. The zero-order valence-corrected chi connectivity index (χ0v) is 13.3. The molecule has 116 valence electrons. The van der Waals surface area contributed by atoms with Crippen LogP contribution in [0.15, 0.2) is 18.2 Å². The average Bonchev–Trinajstić information content (AvgIpc) is 2.45. The Hall–Kier alpha value is -1.75. The largest absolute Gasteiger partial charge is 0.475 e. The van der Waals surface area contributed by atoms with Gasteiger partial charge in [0, 0.05) is 24.8 Å². The first-order valence-corrected chi connectivity index (χ1v) is 7.48. The van der Waals surface area contributed by atoms with Gasteiger partial charge in [-0.1, -0.05) is 13.8 Å². The highest BCUT2D eigenvalue weighted by Crippen LogP contribution is 2.41. The zero-order chi connectivity index (χ0) is 15.6. The van der Waals surface area contributed by atoms with Crippen LogP contribution in [0.5, 0.6) is 5.75 Å². The Morgan fingerprint density at radius 2 is 1.95 bits per heavy atom. The van der Waals surface area contributed by atoms with Gasteiger partial charge in [-0.15, -0.1) is 0 Å². The van der Waals surface area contributed by atoms with Gasteiger partial charge in [0.2, 0.25) is 0 Å². The highest BCUT2D eigenvalue weighted by Gasteiger charge is 2.45. The molecule has 2 rings (SSSR count). The number of nitrogens with two attached hydrogens (primary N) is 1. The minimum atomic E-state index is -0.771. The lowest BCUT2D eigenvalue weighted by Crippen LogP contribution is -2.56. The predicted molar refractivity (Wildman–Crippen MR) is 85.7 cm³/mol. The van der Waals surface area contributed by atoms with E-state index in [2.05, 4.69) is 4.90 Å². The normalized spacial score (nSPS) is 16.8. The zero-order valence-electron chi connectivity index (χ0n) is 13.3. The van der Waals surface area contributed by atoms with Crippen LogP contribution >= 0.6 is 0 Å². The van der Waals surface area contributed by atoms with Crippen molar-refractivity contribution >= 4 is 17.3 Å². The molecule has 5 nitrogen and oxygen atoms in total. The van der Waals surface area contributed by atoms with Crippen LogP contribution in [-0.4, -0.2) is 43.6 Å². The topological polar surface area (TPSA) is 58.8 Å². The van der Waals surface area contributed by atoms with Crippen LogP contribution in [0.25, 0.3) is 0 Å². The number of fused-ring (bicyclic) bond motifs is 1. The van der Waals surface area contributed by atoms with Gasteiger partial charge in [0.25, 0.3) is 5.91 Å². The minimum Gasteiger partial charge on any atom is -0.475 e. The molecule has 0 unspecified atom stereocenters. The number of nitrogens with zero attached hydrogens (tertiary/aromatic N) is 2. The van der Waals surface area contributed by atoms with E-state index in [-0.39, 0.29) is 5.91 Å². The van der Waals surface area contributed by atoms with Gasteiger partial charge in [-0.2, -0.15) is 0 Å². The second-order valence-corrected chi connectivity index (χ2v) is 5.79. The SMILES string of the molecule is CCC1(CC)Oc2cc(N)ccc2N(CCN(C)C)C1=O. The number of rotatable bonds is 5. The third-order valence-corrected chi connectivity index (χ3v) is 4.13. The fraction of sp³-hybridized carbons (Fsp3) is 0.562. The molecule has 1 aromatic rings. The number of amides is 1. The van der Waals surface area contributed by atoms with Crippen molar-refractivity contribution in [2.75, 3.05) is 37.8 Å². The van der Waals surface area contributed by atoms with E-state index >= 15 is 0 Å². The summed E-state index contributed by atoms with van der Waals surface area (Å²) in [6.45, 7) is 5.43. The molecular weight excluding hydrogens is 266 g/mol. The monoisotopic (exact) mass is 291 g/mol. The fourth-order valence-electron chi connectivity index (χ4n) is 2.66. The number of hydrogen-bond donors (Lipinski definition) is 1. The van der Waals surface area contributed by atoms with E-state index in [0.717, 1.165) is 12.2 Å². The van der Waals surface area contributed by atoms with Gasteiger partial charge in [-0.25, -0.2) is 0 Å². The van der Waals surface area contributed by atoms with E-state index in [1.807, 2.05) is 51.0 Å². The van der Waals surface area contributed by atoms with Gasteiger partial charge >= 0.3 is 0 Å². The van der Waals surface area contributed by atoms with Crippen molar-refractivity contribution in [3.05, 3.63) is 18.2 Å². The summed E-state index contributed by atoms with van der Waals surface area (Å²) in [5, 5.41) is 0. The first-order chi connectivity index (χ1) is 9.93. The summed E-state index contributed by atoms with van der Waals surface area (Å²) in [6.07, 6.45) is 1.30. The molecule has 2 N–H and O–H groups in total. The summed E-state index contributed by atoms with van der Waals surface area (Å²) in [7, 11) is 4.00. The van der Waals surface area contributed by atoms with Gasteiger partial charge in [0.1, 0.15) is 5.75 Å². The summed E-state index contributed by atoms with van der Waals surface area (Å²) in [6, 6.07) is 5.49. The van der Waals surface area contributed by atoms with Crippen LogP contribution in [-0.2, 0) is 4.79 Å². The Bertz CT molecular complexity index is 524. The highest BCUT2D eigenvalue weighted by molar-refractivity contribution is 6.03. The van der Waals surface area contributed by atoms with Crippen molar-refractivity contribution in [1.82, 2.24) is 4.90 Å². The maximum Gasteiger partial charge on any atom is 0.271 e. The first-order valence-electron chi connectivity index (χ1n) is 7.48. The standard InChI is InChI=1S/C16H25N3O2/c1-5-16(6-2)15(20)19(10-9-18(3)4)13-8-7-12(17)11-14(13)21-16/h7-8,11H,5-6,9-10,17H2,1-4H3. The van der Waals surface area contributed by atoms with Gasteiger partial charge in [-0.3, -0.25) is 4.79 Å². The number of nitrogen functional groups attached to an aromatic ring is 1. The fourth-order valence-corrected chi connectivity index (χ4v) is 2.66. The van der Waals surface area contributed by atoms with Crippen molar-refractivity contribution in [2.24, 2.45) is 0 Å². The molecule has 0 saturated heterocycles. The molecule has 0 aliphatic carbocycles. The van der Waals surface area contributed by atoms with Gasteiger partial charge in [0.15, 0.2) is 5.60 Å². The van der Waals surface area contributed by atoms with Crippen molar-refractivity contribution in [3.63, 3.8) is 0 Å². The summed E-state index contributed by atoms with van der Waals surface area (Å²) in [5.41, 5.74) is 6.56. The number of hydrogen-bond acceptors (Lipinski definition) is 4. The number of carbonyl (C=O) groups excluding carboxylic acids is 1. The number of ether oxygens (including phenoxy) is 1. The molecule has 1 heterocycles. The maximum atomic E-state index is 12.9. The van der Waals surface area contributed by atoms with Crippen LogP contribution in [0, 0.1) is 0 Å². The summed E-state index contributed by atoms with van der Waals surface area (Å²) in [4.78, 5) is 16.8. The van der Waals surface area contributed by atoms with Crippen LogP contribution in [0.1, 0.15) is 26.7 Å². The van der Waals surface area contributed by atoms with Crippen LogP contribution in [0.2, 0.25) is 0 Å². The average molecular weight is 291 g/mol. The lowest BCUT2D eigenvalue weighted by atomic mass is 9.92. The molecule has 0 spiro atoms. The Labute approximate surface area is 126 Å². The summed E-state index contributed by atoms with van der Waals surface area (Å²) in [5.74, 6) is 0.753. The van der Waals surface area contributed by atoms with Gasteiger partial charge in [0.05, 0.1) is 5.69 Å². The molecule has 1 aliphatic rings. The molecule has 0 aromatic heterocycles. The van der Waals surface area contributed by atoms with E-state index in [1.165, 1.54) is 0 Å². The summed E-state index contributed by atoms with van der Waals surface area (Å²) >= 11 is 0. The lowest BCUT2D eigenvalue weighted by Gasteiger charge is -2.42. The van der Waals surface area contributed by atoms with E-state index < -0.39 is 5.60 Å². The van der Waals surface area contributed by atoms with Crippen molar-refractivity contribution in [3.8, 4) is 5.75 Å². The Morgan fingerprint density at radius 3 is 2.52 bits per heavy atom. The minimum absolute atomic E-state index is 0.0478. The van der Waals surface area contributed by atoms with E-state index in [4.69, 9.17) is 10.5 Å². The number of likely N-dealkylation sites (N-methyl/N-ethyl adjacent to an activating group) is 1. The molecule has 0 bridgehead atoms. The Morgan fingerprint density at radius 1 is 1.29 bits per heavy atom. The third kappa shape index (κ3) is 2.83. The smallest absolute Gasteiger partial charge is 0.271 e. The second-order valence-electron chi connectivity index (χ2n) is 5.79. The second kappa shape index (κ2) is 5.93. The highest BCUT2D eigenvalue weighted by atomic mass is 16.5. The molecule has 0 atom stereocenters. The molecule has 0 radical (unpaired) electrons. The maximum absolute atomic E-state index is 12.9. The Kier molecular flexibility index (Phi) is 4.42. The van der Waals surface area contributed by atoms with E-state index in [9.17, 15) is 4.79 Å². The molecule has 0 saturated carbocycles. The molecule has 5 heteroatoms. The predicted octanol–water partition coefficient (Wildman–Crippen LogP) is 2.11. The number of benzene rings is 1. The molecule has 21 heavy (non-hydrogen) atoms. The quantitative estimate of drug-likeness (QED) is 0.844. The van der Waals surface area contributed by atoms with Gasteiger partial charge < -0.3 is 20.3 Å². The first kappa shape index (κ1) is 15.6. The molecule has 0 fully saturated rings. The van der Waals surface area contributed by atoms with Crippen molar-refractivity contribution < 1.29 is 9.53 Å². The molecule has 1 aliphatic heterocycles. The lowest BCUT2D eigenvalue weighted by molar-refractivity contribution is -0.136. The van der Waals surface area contributed by atoms with Gasteiger partial charge in [-0.05, 0) is 39.1 Å².